The molecule has 1 aromatic heterocycles. The van der Waals surface area contributed by atoms with Gasteiger partial charge in [0.1, 0.15) is 5.69 Å². The van der Waals surface area contributed by atoms with Gasteiger partial charge in [-0.25, -0.2) is 4.68 Å². The van der Waals surface area contributed by atoms with Crippen molar-refractivity contribution in [3.05, 3.63) is 64.1 Å². The highest BCUT2D eigenvalue weighted by Crippen LogP contribution is 2.00. The Balaban J connectivity index is 1.97. The maximum atomic E-state index is 12.1. The molecule has 0 fully saturated rings. The number of carbonyl (C=O) groups is 2. The van der Waals surface area contributed by atoms with Crippen LogP contribution in [0.3, 0.4) is 0 Å². The number of esters is 1. The van der Waals surface area contributed by atoms with E-state index in [0.29, 0.717) is 0 Å². The molecule has 1 heterocycles. The molecule has 0 saturated heterocycles. The van der Waals surface area contributed by atoms with Crippen LogP contribution >= 0.6 is 0 Å². The summed E-state index contributed by atoms with van der Waals surface area (Å²) < 4.78 is 6.22. The summed E-state index contributed by atoms with van der Waals surface area (Å²) in [6.07, 6.45) is -0.112. The van der Waals surface area contributed by atoms with Gasteiger partial charge in [0.2, 0.25) is 0 Å². The molecule has 25 heavy (non-hydrogen) atoms. The minimum atomic E-state index is -0.445. The number of nitrogens with zero attached hydrogens (tertiary/aromatic N) is 2. The number of aromatic nitrogens is 2. The number of ether oxygens (including phenoxy) is 1. The van der Waals surface area contributed by atoms with E-state index in [9.17, 15) is 14.4 Å². The predicted molar refractivity (Wildman–Crippen MR) is 92.2 cm³/mol. The van der Waals surface area contributed by atoms with Crippen LogP contribution in [0, 0.1) is 0 Å². The van der Waals surface area contributed by atoms with Gasteiger partial charge in [-0.3, -0.25) is 14.4 Å². The van der Waals surface area contributed by atoms with Crippen molar-refractivity contribution < 1.29 is 14.3 Å². The molecule has 0 unspecified atom stereocenters. The molecule has 2 aromatic rings. The van der Waals surface area contributed by atoms with Gasteiger partial charge in [-0.05, 0) is 25.5 Å². The summed E-state index contributed by atoms with van der Waals surface area (Å²) >= 11 is 0. The van der Waals surface area contributed by atoms with E-state index in [1.165, 1.54) is 16.8 Å². The van der Waals surface area contributed by atoms with Crippen LogP contribution in [0.15, 0.2) is 47.3 Å². The first-order valence-electron chi connectivity index (χ1n) is 8.05. The molecule has 132 valence electrons. The van der Waals surface area contributed by atoms with Gasteiger partial charge in [0.25, 0.3) is 11.5 Å². The van der Waals surface area contributed by atoms with Gasteiger partial charge < -0.3 is 10.1 Å². The van der Waals surface area contributed by atoms with E-state index in [2.05, 4.69) is 10.4 Å². The van der Waals surface area contributed by atoms with Crippen LogP contribution in [0.25, 0.3) is 0 Å². The van der Waals surface area contributed by atoms with Gasteiger partial charge in [-0.15, -0.1) is 0 Å². The molecule has 2 rings (SSSR count). The smallest absolute Gasteiger partial charge is 0.307 e. The molecule has 0 bridgehead atoms. The van der Waals surface area contributed by atoms with Crippen molar-refractivity contribution in [1.82, 2.24) is 15.1 Å². The summed E-state index contributed by atoms with van der Waals surface area (Å²) in [7, 11) is 0. The molecule has 1 aromatic carbocycles. The van der Waals surface area contributed by atoms with Crippen LogP contribution in [0.4, 0.5) is 0 Å². The molecule has 0 aliphatic carbocycles. The molecule has 1 N–H and O–H groups in total. The van der Waals surface area contributed by atoms with Crippen molar-refractivity contribution in [2.24, 2.45) is 0 Å². The summed E-state index contributed by atoms with van der Waals surface area (Å²) in [5.41, 5.74) is 0.736. The summed E-state index contributed by atoms with van der Waals surface area (Å²) in [6, 6.07) is 12.0. The molecule has 7 heteroatoms. The van der Waals surface area contributed by atoms with Crippen molar-refractivity contribution in [1.29, 1.82) is 0 Å². The van der Waals surface area contributed by atoms with E-state index in [4.69, 9.17) is 4.74 Å². The zero-order valence-electron chi connectivity index (χ0n) is 14.3. The SMILES string of the molecule is CC(C)OC(=O)CCNC(=O)c1ccc(=O)n(Cc2ccccc2)n1. The third-order valence-corrected chi connectivity index (χ3v) is 3.26. The lowest BCUT2D eigenvalue weighted by atomic mass is 10.2. The summed E-state index contributed by atoms with van der Waals surface area (Å²) in [6.45, 7) is 3.94. The van der Waals surface area contributed by atoms with Gasteiger partial charge >= 0.3 is 5.97 Å². The van der Waals surface area contributed by atoms with Crippen molar-refractivity contribution in [3.8, 4) is 0 Å². The van der Waals surface area contributed by atoms with Crippen molar-refractivity contribution >= 4 is 11.9 Å². The van der Waals surface area contributed by atoms with Crippen LogP contribution in [0.1, 0.15) is 36.3 Å². The fourth-order valence-electron chi connectivity index (χ4n) is 2.13. The Morgan fingerprint density at radius 1 is 1.16 bits per heavy atom. The molecule has 0 aliphatic rings. The highest BCUT2D eigenvalue weighted by atomic mass is 16.5. The van der Waals surface area contributed by atoms with E-state index in [1.54, 1.807) is 13.8 Å². The Bertz CT molecular complexity index is 784. The van der Waals surface area contributed by atoms with Crippen molar-refractivity contribution in [2.75, 3.05) is 6.54 Å². The number of carbonyl (C=O) groups excluding carboxylic acids is 2. The normalized spacial score (nSPS) is 10.5. The Morgan fingerprint density at radius 2 is 1.88 bits per heavy atom. The second-order valence-corrected chi connectivity index (χ2v) is 5.74. The van der Waals surface area contributed by atoms with Gasteiger partial charge in [-0.1, -0.05) is 30.3 Å². The van der Waals surface area contributed by atoms with Crippen LogP contribution in [0.2, 0.25) is 0 Å². The minimum Gasteiger partial charge on any atom is -0.463 e. The standard InChI is InChI=1S/C18H21N3O4/c1-13(2)25-17(23)10-11-19-18(24)15-8-9-16(22)21(20-15)12-14-6-4-3-5-7-14/h3-9,13H,10-12H2,1-2H3,(H,19,24). The molecule has 7 nitrogen and oxygen atoms in total. The summed E-state index contributed by atoms with van der Waals surface area (Å²) in [5.74, 6) is -0.823. The molecule has 0 aliphatic heterocycles. The number of hydrogen-bond donors (Lipinski definition) is 1. The first-order chi connectivity index (χ1) is 12.0. The van der Waals surface area contributed by atoms with E-state index in [1.807, 2.05) is 30.3 Å². The maximum Gasteiger partial charge on any atom is 0.307 e. The van der Waals surface area contributed by atoms with Crippen molar-refractivity contribution in [3.63, 3.8) is 0 Å². The summed E-state index contributed by atoms with van der Waals surface area (Å²) in [5, 5.41) is 6.69. The minimum absolute atomic E-state index is 0.0770. The Kier molecular flexibility index (Phi) is 6.45. The van der Waals surface area contributed by atoms with Crippen LogP contribution in [0.5, 0.6) is 0 Å². The predicted octanol–water partition coefficient (Wildman–Crippen LogP) is 1.36. The van der Waals surface area contributed by atoms with E-state index in [-0.39, 0.29) is 42.8 Å². The molecular formula is C18H21N3O4. The topological polar surface area (TPSA) is 90.3 Å². The highest BCUT2D eigenvalue weighted by molar-refractivity contribution is 5.92. The number of benzene rings is 1. The molecule has 0 spiro atoms. The van der Waals surface area contributed by atoms with Gasteiger partial charge in [0.15, 0.2) is 0 Å². The zero-order valence-corrected chi connectivity index (χ0v) is 14.3. The lowest BCUT2D eigenvalue weighted by Gasteiger charge is -2.09. The van der Waals surface area contributed by atoms with Crippen LogP contribution < -0.4 is 10.9 Å². The molecule has 1 amide bonds. The summed E-state index contributed by atoms with van der Waals surface area (Å²) in [4.78, 5) is 35.5. The average molecular weight is 343 g/mol. The quantitative estimate of drug-likeness (QED) is 0.767. The number of rotatable bonds is 7. The first-order valence-corrected chi connectivity index (χ1v) is 8.05. The third kappa shape index (κ3) is 5.87. The highest BCUT2D eigenvalue weighted by Gasteiger charge is 2.11. The zero-order chi connectivity index (χ0) is 18.2. The number of amides is 1. The Morgan fingerprint density at radius 3 is 2.56 bits per heavy atom. The molecule has 0 saturated carbocycles. The molecule has 0 atom stereocenters. The van der Waals surface area contributed by atoms with Crippen LogP contribution in [-0.4, -0.2) is 34.3 Å². The van der Waals surface area contributed by atoms with Gasteiger partial charge in [-0.2, -0.15) is 5.10 Å². The lowest BCUT2D eigenvalue weighted by molar-refractivity contribution is -0.147. The van der Waals surface area contributed by atoms with E-state index in [0.717, 1.165) is 5.56 Å². The van der Waals surface area contributed by atoms with E-state index >= 15 is 0 Å². The molecule has 0 radical (unpaired) electrons. The molecular weight excluding hydrogens is 322 g/mol. The van der Waals surface area contributed by atoms with Crippen LogP contribution in [-0.2, 0) is 16.1 Å². The van der Waals surface area contributed by atoms with Gasteiger partial charge in [0, 0.05) is 12.6 Å². The van der Waals surface area contributed by atoms with Crippen molar-refractivity contribution in [2.45, 2.75) is 32.9 Å². The largest absolute Gasteiger partial charge is 0.463 e. The monoisotopic (exact) mass is 343 g/mol. The maximum absolute atomic E-state index is 12.1. The number of nitrogens with one attached hydrogen (secondary N) is 1. The second kappa shape index (κ2) is 8.77. The fourth-order valence-corrected chi connectivity index (χ4v) is 2.13. The average Bonchev–Trinajstić information content (AvgIpc) is 2.57. The Labute approximate surface area is 145 Å². The Hall–Kier alpha value is -2.96. The number of hydrogen-bond acceptors (Lipinski definition) is 5. The second-order valence-electron chi connectivity index (χ2n) is 5.74. The first kappa shape index (κ1) is 18.4. The third-order valence-electron chi connectivity index (χ3n) is 3.26. The fraction of sp³-hybridized carbons (Fsp3) is 0.333. The van der Waals surface area contributed by atoms with Gasteiger partial charge in [0.05, 0.1) is 19.1 Å². The van der Waals surface area contributed by atoms with E-state index < -0.39 is 5.91 Å². The lowest BCUT2D eigenvalue weighted by Crippen LogP contribution is -2.31.